The molecule has 0 aromatic carbocycles. The van der Waals surface area contributed by atoms with Crippen LogP contribution in [0.5, 0.6) is 0 Å². The lowest BCUT2D eigenvalue weighted by atomic mass is 10.0. The molecule has 27 heavy (non-hydrogen) atoms. The molecule has 0 saturated carbocycles. The van der Waals surface area contributed by atoms with Crippen molar-refractivity contribution in [2.45, 2.75) is 45.2 Å². The van der Waals surface area contributed by atoms with Gasteiger partial charge in [-0.2, -0.15) is 0 Å². The molecule has 1 amide bonds. The highest BCUT2D eigenvalue weighted by Gasteiger charge is 2.28. The number of amides is 1. The number of hydrogen-bond donors (Lipinski definition) is 1. The summed E-state index contributed by atoms with van der Waals surface area (Å²) in [4.78, 5) is 30.4. The normalized spacial score (nSPS) is 14.6. The van der Waals surface area contributed by atoms with Crippen molar-refractivity contribution in [2.24, 2.45) is 5.73 Å². The van der Waals surface area contributed by atoms with Crippen molar-refractivity contribution in [2.75, 3.05) is 25.5 Å². The Hall–Kier alpha value is -2.54. The zero-order valence-corrected chi connectivity index (χ0v) is 16.4. The number of nitrogens with two attached hydrogens (primary N) is 1. The highest BCUT2D eigenvalue weighted by atomic mass is 16.2. The summed E-state index contributed by atoms with van der Waals surface area (Å²) < 4.78 is 0. The van der Waals surface area contributed by atoms with Gasteiger partial charge in [0, 0.05) is 32.4 Å². The Kier molecular flexibility index (Phi) is 6.01. The Morgan fingerprint density at radius 3 is 2.81 bits per heavy atom. The second-order valence-electron chi connectivity index (χ2n) is 7.16. The summed E-state index contributed by atoms with van der Waals surface area (Å²) in [5.41, 5.74) is 8.83. The number of rotatable bonds is 6. The number of pyridine rings is 1. The van der Waals surface area contributed by atoms with E-state index in [1.165, 1.54) is 0 Å². The first-order chi connectivity index (χ1) is 13.0. The van der Waals surface area contributed by atoms with E-state index in [1.807, 2.05) is 42.1 Å². The molecule has 2 N–H and O–H groups in total. The zero-order valence-electron chi connectivity index (χ0n) is 16.4. The van der Waals surface area contributed by atoms with E-state index in [0.717, 1.165) is 48.5 Å². The molecular formula is C20H28N6O. The molecule has 3 rings (SSSR count). The lowest BCUT2D eigenvalue weighted by molar-refractivity contribution is -0.133. The van der Waals surface area contributed by atoms with Crippen LogP contribution in [0.25, 0.3) is 11.5 Å². The van der Waals surface area contributed by atoms with Crippen LogP contribution in [0, 0.1) is 0 Å². The summed E-state index contributed by atoms with van der Waals surface area (Å²) in [6.45, 7) is 3.23. The van der Waals surface area contributed by atoms with E-state index < -0.39 is 6.04 Å². The molecule has 0 radical (unpaired) electrons. The molecule has 7 nitrogen and oxygen atoms in total. The maximum atomic E-state index is 12.7. The maximum Gasteiger partial charge on any atom is 0.239 e. The fourth-order valence-corrected chi connectivity index (χ4v) is 3.36. The van der Waals surface area contributed by atoms with Gasteiger partial charge in [-0.25, -0.2) is 9.97 Å². The average molecular weight is 368 g/mol. The van der Waals surface area contributed by atoms with E-state index >= 15 is 0 Å². The van der Waals surface area contributed by atoms with Crippen LogP contribution in [-0.2, 0) is 17.8 Å². The molecule has 1 aliphatic rings. The molecule has 1 aliphatic heterocycles. The van der Waals surface area contributed by atoms with E-state index in [-0.39, 0.29) is 5.91 Å². The Morgan fingerprint density at radius 1 is 1.33 bits per heavy atom. The van der Waals surface area contributed by atoms with Gasteiger partial charge in [-0.05, 0) is 25.0 Å². The topological polar surface area (TPSA) is 88.2 Å². The van der Waals surface area contributed by atoms with Crippen molar-refractivity contribution in [1.29, 1.82) is 0 Å². The first-order valence-electron chi connectivity index (χ1n) is 9.54. The molecule has 0 fully saturated rings. The largest absolute Gasteiger partial charge is 0.362 e. The molecule has 7 heteroatoms. The Balaban J connectivity index is 1.90. The number of hydrogen-bond acceptors (Lipinski definition) is 6. The van der Waals surface area contributed by atoms with Crippen LogP contribution in [0.2, 0.25) is 0 Å². The highest BCUT2D eigenvalue weighted by Crippen LogP contribution is 2.28. The van der Waals surface area contributed by atoms with Crippen LogP contribution in [0.3, 0.4) is 0 Å². The van der Waals surface area contributed by atoms with Crippen LogP contribution < -0.4 is 10.6 Å². The van der Waals surface area contributed by atoms with Gasteiger partial charge < -0.3 is 15.5 Å². The van der Waals surface area contributed by atoms with E-state index in [2.05, 4.69) is 11.9 Å². The van der Waals surface area contributed by atoms with Gasteiger partial charge in [0.15, 0.2) is 5.82 Å². The molecular weight excluding hydrogens is 340 g/mol. The maximum absolute atomic E-state index is 12.7. The van der Waals surface area contributed by atoms with Crippen LogP contribution in [0.4, 0.5) is 5.82 Å². The molecule has 0 aliphatic carbocycles. The number of aromatic nitrogens is 3. The van der Waals surface area contributed by atoms with Crippen LogP contribution in [0.15, 0.2) is 24.4 Å². The van der Waals surface area contributed by atoms with E-state index in [9.17, 15) is 4.79 Å². The highest BCUT2D eigenvalue weighted by molar-refractivity contribution is 5.82. The second kappa shape index (κ2) is 8.43. The standard InChI is InChI=1S/C20H28N6O/c1-4-5-8-15(21)20(27)26-12-10-14-17(13-26)23-18(24-19(14)25(2)3)16-9-6-7-11-22-16/h6-7,9,11,15H,4-5,8,10,12-13,21H2,1-3H3/t15-/m0/s1. The Labute approximate surface area is 160 Å². The van der Waals surface area contributed by atoms with Gasteiger partial charge in [0.05, 0.1) is 18.3 Å². The third-order valence-corrected chi connectivity index (χ3v) is 4.86. The minimum Gasteiger partial charge on any atom is -0.362 e. The minimum absolute atomic E-state index is 0.0125. The Morgan fingerprint density at radius 2 is 2.15 bits per heavy atom. The first kappa shape index (κ1) is 19.2. The van der Waals surface area contributed by atoms with Gasteiger partial charge in [0.2, 0.25) is 5.91 Å². The van der Waals surface area contributed by atoms with Crippen molar-refractivity contribution < 1.29 is 4.79 Å². The number of carbonyl (C=O) groups excluding carboxylic acids is 1. The SMILES string of the molecule is CCCC[C@H](N)C(=O)N1CCc2c(nc(-c3ccccn3)nc2N(C)C)C1. The fraction of sp³-hybridized carbons (Fsp3) is 0.500. The van der Waals surface area contributed by atoms with E-state index in [4.69, 9.17) is 15.7 Å². The van der Waals surface area contributed by atoms with Crippen molar-refractivity contribution in [3.8, 4) is 11.5 Å². The second-order valence-corrected chi connectivity index (χ2v) is 7.16. The number of anilines is 1. The van der Waals surface area contributed by atoms with Gasteiger partial charge in [-0.1, -0.05) is 25.8 Å². The number of fused-ring (bicyclic) bond motifs is 1. The van der Waals surface area contributed by atoms with Crippen molar-refractivity contribution >= 4 is 11.7 Å². The smallest absolute Gasteiger partial charge is 0.239 e. The summed E-state index contributed by atoms with van der Waals surface area (Å²) in [6.07, 6.45) is 5.20. The van der Waals surface area contributed by atoms with Gasteiger partial charge in [0.1, 0.15) is 11.5 Å². The molecule has 0 saturated heterocycles. The molecule has 0 spiro atoms. The van der Waals surface area contributed by atoms with Gasteiger partial charge in [0.25, 0.3) is 0 Å². The number of nitrogens with zero attached hydrogens (tertiary/aromatic N) is 5. The van der Waals surface area contributed by atoms with Crippen molar-refractivity contribution in [3.05, 3.63) is 35.7 Å². The molecule has 0 unspecified atom stereocenters. The summed E-state index contributed by atoms with van der Waals surface area (Å²) >= 11 is 0. The molecule has 0 bridgehead atoms. The summed E-state index contributed by atoms with van der Waals surface area (Å²) in [5.74, 6) is 1.49. The lowest BCUT2D eigenvalue weighted by Gasteiger charge is -2.32. The molecule has 144 valence electrons. The predicted octanol–water partition coefficient (Wildman–Crippen LogP) is 2.01. The van der Waals surface area contributed by atoms with Crippen LogP contribution in [-0.4, -0.2) is 52.4 Å². The summed E-state index contributed by atoms with van der Waals surface area (Å²) in [6, 6.07) is 5.25. The summed E-state index contributed by atoms with van der Waals surface area (Å²) in [5, 5.41) is 0. The predicted molar refractivity (Wildman–Crippen MR) is 106 cm³/mol. The fourth-order valence-electron chi connectivity index (χ4n) is 3.36. The lowest BCUT2D eigenvalue weighted by Crippen LogP contribution is -2.46. The molecule has 2 aromatic heterocycles. The third-order valence-electron chi connectivity index (χ3n) is 4.86. The average Bonchev–Trinajstić information content (AvgIpc) is 2.70. The molecule has 2 aromatic rings. The van der Waals surface area contributed by atoms with Gasteiger partial charge >= 0.3 is 0 Å². The molecule has 1 atom stereocenters. The third kappa shape index (κ3) is 4.24. The van der Waals surface area contributed by atoms with Gasteiger partial charge in [-0.3, -0.25) is 9.78 Å². The quantitative estimate of drug-likeness (QED) is 0.839. The zero-order chi connectivity index (χ0) is 19.4. The molecule has 3 heterocycles. The van der Waals surface area contributed by atoms with E-state index in [1.54, 1.807) is 6.20 Å². The van der Waals surface area contributed by atoms with Crippen LogP contribution >= 0.6 is 0 Å². The first-order valence-corrected chi connectivity index (χ1v) is 9.54. The van der Waals surface area contributed by atoms with Gasteiger partial charge in [-0.15, -0.1) is 0 Å². The van der Waals surface area contributed by atoms with Crippen molar-refractivity contribution in [3.63, 3.8) is 0 Å². The number of carbonyl (C=O) groups is 1. The van der Waals surface area contributed by atoms with Crippen LogP contribution in [0.1, 0.15) is 37.4 Å². The summed E-state index contributed by atoms with van der Waals surface area (Å²) in [7, 11) is 3.95. The number of unbranched alkanes of at least 4 members (excludes halogenated alkanes) is 1. The van der Waals surface area contributed by atoms with E-state index in [0.29, 0.717) is 18.9 Å². The van der Waals surface area contributed by atoms with Crippen molar-refractivity contribution in [1.82, 2.24) is 19.9 Å². The monoisotopic (exact) mass is 368 g/mol. The minimum atomic E-state index is -0.433. The Bertz CT molecular complexity index is 793.